The molecule has 5 nitrogen and oxygen atoms in total. The average Bonchev–Trinajstić information content (AvgIpc) is 3.08. The molecule has 0 radical (unpaired) electrons. The first kappa shape index (κ1) is 16.2. The minimum atomic E-state index is -0.451. The molecule has 1 aromatic heterocycles. The van der Waals surface area contributed by atoms with Crippen molar-refractivity contribution in [3.05, 3.63) is 77.5 Å². The van der Waals surface area contributed by atoms with Gasteiger partial charge >= 0.3 is 0 Å². The third kappa shape index (κ3) is 3.82. The highest BCUT2D eigenvalue weighted by Gasteiger charge is 2.12. The predicted octanol–water partition coefficient (Wildman–Crippen LogP) is 3.93. The minimum absolute atomic E-state index is 0.0140. The number of rotatable bonds is 4. The highest BCUT2D eigenvalue weighted by atomic mass is 16.1. The molecule has 0 aliphatic heterocycles. The summed E-state index contributed by atoms with van der Waals surface area (Å²) in [5.41, 5.74) is 4.07. The molecule has 0 aliphatic carbocycles. The molecule has 0 saturated carbocycles. The molecule has 0 atom stereocenters. The van der Waals surface area contributed by atoms with Crippen molar-refractivity contribution in [1.82, 2.24) is 10.2 Å². The number of hydrogen-bond acceptors (Lipinski definition) is 3. The number of anilines is 1. The molecule has 3 aromatic rings. The number of aromatic nitrogens is 2. The van der Waals surface area contributed by atoms with Crippen LogP contribution in [-0.4, -0.2) is 16.1 Å². The van der Waals surface area contributed by atoms with Crippen molar-refractivity contribution >= 4 is 17.7 Å². The van der Waals surface area contributed by atoms with E-state index in [2.05, 4.69) is 15.5 Å². The molecule has 0 fully saturated rings. The van der Waals surface area contributed by atoms with Gasteiger partial charge in [0.2, 0.25) is 0 Å². The minimum Gasteiger partial charge on any atom is -0.321 e. The maximum Gasteiger partial charge on any atom is 0.266 e. The van der Waals surface area contributed by atoms with Crippen LogP contribution in [0, 0.1) is 18.3 Å². The van der Waals surface area contributed by atoms with Gasteiger partial charge < -0.3 is 5.32 Å². The summed E-state index contributed by atoms with van der Waals surface area (Å²) in [6.45, 7) is 1.94. The molecule has 3 rings (SSSR count). The Labute approximate surface area is 145 Å². The topological polar surface area (TPSA) is 81.6 Å². The van der Waals surface area contributed by atoms with E-state index in [-0.39, 0.29) is 5.57 Å². The molecule has 2 N–H and O–H groups in total. The third-order valence-electron chi connectivity index (χ3n) is 3.67. The van der Waals surface area contributed by atoms with Gasteiger partial charge in [-0.2, -0.15) is 10.4 Å². The molecule has 0 unspecified atom stereocenters. The first-order chi connectivity index (χ1) is 12.2. The van der Waals surface area contributed by atoms with E-state index in [4.69, 9.17) is 0 Å². The molecular weight excluding hydrogens is 312 g/mol. The van der Waals surface area contributed by atoms with Gasteiger partial charge in [-0.15, -0.1) is 0 Å². The van der Waals surface area contributed by atoms with Gasteiger partial charge in [0.1, 0.15) is 11.6 Å². The molecule has 5 heteroatoms. The van der Waals surface area contributed by atoms with Crippen LogP contribution < -0.4 is 5.32 Å². The Morgan fingerprint density at radius 3 is 2.72 bits per heavy atom. The summed E-state index contributed by atoms with van der Waals surface area (Å²) in [4.78, 5) is 12.4. The first-order valence-electron chi connectivity index (χ1n) is 7.76. The highest BCUT2D eigenvalue weighted by molar-refractivity contribution is 6.10. The second-order valence-corrected chi connectivity index (χ2v) is 5.56. The van der Waals surface area contributed by atoms with Gasteiger partial charge in [-0.25, -0.2) is 0 Å². The average molecular weight is 328 g/mol. The number of aryl methyl sites for hydroxylation is 1. The van der Waals surface area contributed by atoms with E-state index in [1.165, 1.54) is 6.08 Å². The fourth-order valence-corrected chi connectivity index (χ4v) is 2.47. The van der Waals surface area contributed by atoms with Crippen LogP contribution in [0.1, 0.15) is 11.1 Å². The zero-order chi connectivity index (χ0) is 17.6. The largest absolute Gasteiger partial charge is 0.321 e. The van der Waals surface area contributed by atoms with Gasteiger partial charge in [-0.05, 0) is 30.7 Å². The lowest BCUT2D eigenvalue weighted by Gasteiger charge is -2.05. The van der Waals surface area contributed by atoms with Crippen molar-refractivity contribution in [3.8, 4) is 17.3 Å². The zero-order valence-electron chi connectivity index (χ0n) is 13.7. The number of H-pyrrole nitrogens is 1. The second kappa shape index (κ2) is 7.28. The molecule has 0 bridgehead atoms. The second-order valence-electron chi connectivity index (χ2n) is 5.56. The fourth-order valence-electron chi connectivity index (χ4n) is 2.47. The van der Waals surface area contributed by atoms with E-state index in [0.717, 1.165) is 16.8 Å². The summed E-state index contributed by atoms with van der Waals surface area (Å²) in [7, 11) is 0. The Hall–Kier alpha value is -3.65. The number of hydrogen-bond donors (Lipinski definition) is 2. The number of carbonyl (C=O) groups excluding carboxylic acids is 1. The number of nitrogens with zero attached hydrogens (tertiary/aromatic N) is 2. The van der Waals surface area contributed by atoms with Gasteiger partial charge in [-0.3, -0.25) is 9.89 Å². The summed E-state index contributed by atoms with van der Waals surface area (Å²) in [6.07, 6.45) is 3.14. The van der Waals surface area contributed by atoms with Crippen LogP contribution in [0.5, 0.6) is 0 Å². The summed E-state index contributed by atoms with van der Waals surface area (Å²) >= 11 is 0. The number of benzene rings is 2. The molecule has 0 saturated heterocycles. The van der Waals surface area contributed by atoms with Crippen LogP contribution in [0.15, 0.2) is 66.4 Å². The zero-order valence-corrected chi connectivity index (χ0v) is 13.7. The lowest BCUT2D eigenvalue weighted by atomic mass is 10.1. The van der Waals surface area contributed by atoms with Crippen molar-refractivity contribution in [2.45, 2.75) is 6.92 Å². The normalized spacial score (nSPS) is 11.0. The number of nitrogens with one attached hydrogen (secondary N) is 2. The van der Waals surface area contributed by atoms with E-state index < -0.39 is 5.91 Å². The van der Waals surface area contributed by atoms with Crippen LogP contribution in [0.3, 0.4) is 0 Å². The fraction of sp³-hybridized carbons (Fsp3) is 0.0500. The van der Waals surface area contributed by atoms with Crippen molar-refractivity contribution in [3.63, 3.8) is 0 Å². The number of carbonyl (C=O) groups is 1. The number of nitriles is 1. The first-order valence-corrected chi connectivity index (χ1v) is 7.76. The number of amides is 1. The number of aromatic amines is 1. The maximum atomic E-state index is 12.4. The van der Waals surface area contributed by atoms with Gasteiger partial charge in [-0.1, -0.05) is 42.5 Å². The van der Waals surface area contributed by atoms with Gasteiger partial charge in [0.25, 0.3) is 5.91 Å². The lowest BCUT2D eigenvalue weighted by molar-refractivity contribution is -0.112. The summed E-state index contributed by atoms with van der Waals surface area (Å²) in [6, 6.07) is 19.0. The summed E-state index contributed by atoms with van der Waals surface area (Å²) in [5.74, 6) is -0.451. The Morgan fingerprint density at radius 1 is 1.20 bits per heavy atom. The Bertz CT molecular complexity index is 965. The van der Waals surface area contributed by atoms with Crippen LogP contribution >= 0.6 is 0 Å². The molecule has 2 aromatic carbocycles. The lowest BCUT2D eigenvalue weighted by Crippen LogP contribution is -2.13. The predicted molar refractivity (Wildman–Crippen MR) is 97.4 cm³/mol. The third-order valence-corrected chi connectivity index (χ3v) is 3.67. The monoisotopic (exact) mass is 328 g/mol. The summed E-state index contributed by atoms with van der Waals surface area (Å²) < 4.78 is 0. The van der Waals surface area contributed by atoms with E-state index in [1.54, 1.807) is 12.3 Å². The summed E-state index contributed by atoms with van der Waals surface area (Å²) in [5, 5.41) is 19.1. The Kier molecular flexibility index (Phi) is 4.72. The van der Waals surface area contributed by atoms with Crippen LogP contribution in [0.2, 0.25) is 0 Å². The molecule has 25 heavy (non-hydrogen) atoms. The van der Waals surface area contributed by atoms with Crippen LogP contribution in [-0.2, 0) is 4.79 Å². The van der Waals surface area contributed by atoms with E-state index >= 15 is 0 Å². The molecular formula is C20H16N4O. The van der Waals surface area contributed by atoms with Gasteiger partial charge in [0.05, 0.1) is 11.9 Å². The van der Waals surface area contributed by atoms with Crippen molar-refractivity contribution in [2.24, 2.45) is 0 Å². The van der Waals surface area contributed by atoms with Crippen molar-refractivity contribution < 1.29 is 4.79 Å². The molecule has 0 aliphatic rings. The van der Waals surface area contributed by atoms with Crippen molar-refractivity contribution in [1.29, 1.82) is 5.26 Å². The van der Waals surface area contributed by atoms with Gasteiger partial charge in [0, 0.05) is 16.8 Å². The van der Waals surface area contributed by atoms with Crippen LogP contribution in [0.25, 0.3) is 17.3 Å². The maximum absolute atomic E-state index is 12.4. The van der Waals surface area contributed by atoms with E-state index in [0.29, 0.717) is 11.3 Å². The van der Waals surface area contributed by atoms with Crippen molar-refractivity contribution in [2.75, 3.05) is 5.32 Å². The van der Waals surface area contributed by atoms with Gasteiger partial charge in [0.15, 0.2) is 0 Å². The molecule has 1 heterocycles. The standard InChI is InChI=1S/C20H16N4O/c1-14-6-5-9-18(10-14)23-20(25)16(12-21)11-17-13-22-24-19(17)15-7-3-2-4-8-15/h2-11,13H,1H3,(H,22,24)(H,23,25). The molecule has 122 valence electrons. The quantitative estimate of drug-likeness (QED) is 0.562. The SMILES string of the molecule is Cc1cccc(NC(=O)C(C#N)=Cc2cn[nH]c2-c2ccccc2)c1. The van der Waals surface area contributed by atoms with E-state index in [9.17, 15) is 10.1 Å². The molecule has 0 spiro atoms. The van der Waals surface area contributed by atoms with Crippen LogP contribution in [0.4, 0.5) is 5.69 Å². The van der Waals surface area contributed by atoms with E-state index in [1.807, 2.05) is 61.5 Å². The Morgan fingerprint density at radius 2 is 2.00 bits per heavy atom. The Balaban J connectivity index is 1.88. The highest BCUT2D eigenvalue weighted by Crippen LogP contribution is 2.23. The smallest absolute Gasteiger partial charge is 0.266 e. The molecule has 1 amide bonds.